The number of halogens is 3. The van der Waals surface area contributed by atoms with Gasteiger partial charge >= 0.3 is 6.18 Å². The van der Waals surface area contributed by atoms with E-state index in [2.05, 4.69) is 5.32 Å². The number of nitrogens with zero attached hydrogens (tertiary/aromatic N) is 2. The summed E-state index contributed by atoms with van der Waals surface area (Å²) in [6.07, 6.45) is -3.68. The van der Waals surface area contributed by atoms with Crippen molar-refractivity contribution in [3.63, 3.8) is 0 Å². The Labute approximate surface area is 209 Å². The molecule has 0 aromatic heterocycles. The van der Waals surface area contributed by atoms with Crippen LogP contribution >= 0.6 is 0 Å². The molecule has 36 heavy (non-hydrogen) atoms. The Morgan fingerprint density at radius 1 is 1.08 bits per heavy atom. The lowest BCUT2D eigenvalue weighted by Gasteiger charge is -2.33. The number of nitrogens with one attached hydrogen (secondary N) is 1. The minimum Gasteiger partial charge on any atom is -0.497 e. The Morgan fingerprint density at radius 2 is 1.75 bits per heavy atom. The van der Waals surface area contributed by atoms with Crippen molar-refractivity contribution in [2.45, 2.75) is 39.0 Å². The number of likely N-dealkylation sites (N-methyl/N-ethyl adjacent to an activating group) is 1. The summed E-state index contributed by atoms with van der Waals surface area (Å²) in [5.74, 6) is -0.660. The fraction of sp³-hybridized carbons (Fsp3) is 0.417. The normalized spacial score (nSPS) is 12.5. The number of alkyl halides is 3. The molecule has 0 fully saturated rings. The van der Waals surface area contributed by atoms with Gasteiger partial charge in [-0.05, 0) is 49.2 Å². The van der Waals surface area contributed by atoms with Gasteiger partial charge in [-0.15, -0.1) is 0 Å². The molecule has 0 aliphatic carbocycles. The molecule has 0 aliphatic rings. The highest BCUT2D eigenvalue weighted by Gasteiger charge is 2.34. The molecule has 0 spiro atoms. The van der Waals surface area contributed by atoms with Gasteiger partial charge in [-0.2, -0.15) is 13.2 Å². The van der Waals surface area contributed by atoms with Gasteiger partial charge in [-0.1, -0.05) is 25.1 Å². The maximum atomic E-state index is 13.5. The Hall–Kier alpha value is -3.28. The van der Waals surface area contributed by atoms with Crippen LogP contribution in [0.4, 0.5) is 18.9 Å². The molecule has 198 valence electrons. The fourth-order valence-corrected chi connectivity index (χ4v) is 4.47. The highest BCUT2D eigenvalue weighted by molar-refractivity contribution is 7.92. The number of anilines is 1. The molecule has 0 heterocycles. The van der Waals surface area contributed by atoms with Gasteiger partial charge in [0, 0.05) is 13.1 Å². The molecule has 2 aromatic carbocycles. The Bertz CT molecular complexity index is 1170. The zero-order valence-electron chi connectivity index (χ0n) is 20.5. The van der Waals surface area contributed by atoms with Crippen molar-refractivity contribution < 1.29 is 35.9 Å². The van der Waals surface area contributed by atoms with Crippen LogP contribution in [-0.4, -0.2) is 57.6 Å². The SMILES string of the molecule is CCNC(=O)C(CC)N(Cc1cccc(OC)c1)C(=O)CN(c1cccc(C(F)(F)F)c1)S(C)(=O)=O. The fourth-order valence-electron chi connectivity index (χ4n) is 3.63. The van der Waals surface area contributed by atoms with Crippen LogP contribution in [0.2, 0.25) is 0 Å². The summed E-state index contributed by atoms with van der Waals surface area (Å²) in [5, 5.41) is 2.67. The van der Waals surface area contributed by atoms with E-state index in [0.717, 1.165) is 18.4 Å². The van der Waals surface area contributed by atoms with Gasteiger partial charge in [0.05, 0.1) is 24.6 Å². The largest absolute Gasteiger partial charge is 0.497 e. The number of carbonyl (C=O) groups excluding carboxylic acids is 2. The van der Waals surface area contributed by atoms with Crippen molar-refractivity contribution in [3.05, 3.63) is 59.7 Å². The molecule has 8 nitrogen and oxygen atoms in total. The lowest BCUT2D eigenvalue weighted by Crippen LogP contribution is -2.52. The molecule has 0 radical (unpaired) electrons. The quantitative estimate of drug-likeness (QED) is 0.481. The average molecular weight is 530 g/mol. The third-order valence-corrected chi connectivity index (χ3v) is 6.51. The highest BCUT2D eigenvalue weighted by atomic mass is 32.2. The average Bonchev–Trinajstić information content (AvgIpc) is 2.81. The topological polar surface area (TPSA) is 96.0 Å². The van der Waals surface area contributed by atoms with Crippen molar-refractivity contribution in [1.29, 1.82) is 0 Å². The summed E-state index contributed by atoms with van der Waals surface area (Å²) in [4.78, 5) is 27.5. The number of hydrogen-bond donors (Lipinski definition) is 1. The summed E-state index contributed by atoms with van der Waals surface area (Å²) in [6.45, 7) is 2.90. The molecule has 2 aromatic rings. The molecule has 1 unspecified atom stereocenters. The van der Waals surface area contributed by atoms with Crippen LogP contribution in [-0.2, 0) is 32.3 Å². The van der Waals surface area contributed by atoms with Gasteiger partial charge < -0.3 is 15.0 Å². The minimum absolute atomic E-state index is 0.0497. The number of amides is 2. The third-order valence-electron chi connectivity index (χ3n) is 5.36. The van der Waals surface area contributed by atoms with Crippen LogP contribution in [0.3, 0.4) is 0 Å². The summed E-state index contributed by atoms with van der Waals surface area (Å²) in [5.41, 5.74) is -0.744. The second-order valence-corrected chi connectivity index (χ2v) is 9.92. The summed E-state index contributed by atoms with van der Waals surface area (Å²) < 4.78 is 70.6. The second-order valence-electron chi connectivity index (χ2n) is 8.01. The molecular weight excluding hydrogens is 499 g/mol. The zero-order valence-corrected chi connectivity index (χ0v) is 21.3. The molecule has 2 amide bonds. The van der Waals surface area contributed by atoms with Crippen LogP contribution in [0, 0.1) is 0 Å². The third kappa shape index (κ3) is 7.61. The Kier molecular flexibility index (Phi) is 9.74. The van der Waals surface area contributed by atoms with Gasteiger partial charge in [-0.25, -0.2) is 8.42 Å². The van der Waals surface area contributed by atoms with Crippen molar-refractivity contribution in [2.24, 2.45) is 0 Å². The maximum absolute atomic E-state index is 13.5. The molecule has 12 heteroatoms. The van der Waals surface area contributed by atoms with Gasteiger partial charge in [-0.3, -0.25) is 13.9 Å². The van der Waals surface area contributed by atoms with Crippen LogP contribution in [0.1, 0.15) is 31.4 Å². The molecule has 0 saturated carbocycles. The number of carbonyl (C=O) groups is 2. The molecule has 0 saturated heterocycles. The number of sulfonamides is 1. The molecule has 0 aliphatic heterocycles. The van der Waals surface area contributed by atoms with E-state index in [1.807, 2.05) is 0 Å². The lowest BCUT2D eigenvalue weighted by atomic mass is 10.1. The predicted molar refractivity (Wildman–Crippen MR) is 130 cm³/mol. The van der Waals surface area contributed by atoms with Crippen molar-refractivity contribution in [1.82, 2.24) is 10.2 Å². The number of hydrogen-bond acceptors (Lipinski definition) is 5. The monoisotopic (exact) mass is 529 g/mol. The number of methoxy groups -OCH3 is 1. The first-order valence-corrected chi connectivity index (χ1v) is 13.0. The van der Waals surface area contributed by atoms with Crippen LogP contribution < -0.4 is 14.4 Å². The van der Waals surface area contributed by atoms with Crippen molar-refractivity contribution >= 4 is 27.5 Å². The Balaban J connectivity index is 2.49. The van der Waals surface area contributed by atoms with E-state index >= 15 is 0 Å². The van der Waals surface area contributed by atoms with E-state index in [1.165, 1.54) is 18.1 Å². The molecule has 2 rings (SSSR count). The minimum atomic E-state index is -4.70. The maximum Gasteiger partial charge on any atom is 0.416 e. The molecule has 1 N–H and O–H groups in total. The second kappa shape index (κ2) is 12.1. The predicted octanol–water partition coefficient (Wildman–Crippen LogP) is 3.42. The smallest absolute Gasteiger partial charge is 0.416 e. The van der Waals surface area contributed by atoms with Gasteiger partial charge in [0.25, 0.3) is 0 Å². The molecular formula is C24H30F3N3O5S. The van der Waals surface area contributed by atoms with E-state index in [9.17, 15) is 31.2 Å². The number of ether oxygens (including phenoxy) is 1. The standard InChI is InChI=1S/C24H30F3N3O5S/c1-5-21(23(32)28-6-2)29(15-17-9-7-12-20(13-17)35-3)22(31)16-30(36(4,33)34)19-11-8-10-18(14-19)24(25,26)27/h7-14,21H,5-6,15-16H2,1-4H3,(H,28,32). The van der Waals surface area contributed by atoms with Gasteiger partial charge in [0.15, 0.2) is 0 Å². The first kappa shape index (κ1) is 29.0. The van der Waals surface area contributed by atoms with E-state index in [1.54, 1.807) is 38.1 Å². The lowest BCUT2D eigenvalue weighted by molar-refractivity contribution is -0.140. The van der Waals surface area contributed by atoms with Crippen molar-refractivity contribution in [2.75, 3.05) is 30.8 Å². The van der Waals surface area contributed by atoms with E-state index in [4.69, 9.17) is 4.74 Å². The molecule has 0 bridgehead atoms. The van der Waals surface area contributed by atoms with Crippen LogP contribution in [0.15, 0.2) is 48.5 Å². The van der Waals surface area contributed by atoms with E-state index in [-0.39, 0.29) is 18.7 Å². The van der Waals surface area contributed by atoms with Crippen LogP contribution in [0.5, 0.6) is 5.75 Å². The van der Waals surface area contributed by atoms with Crippen LogP contribution in [0.25, 0.3) is 0 Å². The highest BCUT2D eigenvalue weighted by Crippen LogP contribution is 2.32. The summed E-state index contributed by atoms with van der Waals surface area (Å²) in [6, 6.07) is 9.58. The molecule has 1 atom stereocenters. The first-order chi connectivity index (χ1) is 16.8. The Morgan fingerprint density at radius 3 is 2.31 bits per heavy atom. The number of benzene rings is 2. The van der Waals surface area contributed by atoms with E-state index < -0.39 is 46.2 Å². The van der Waals surface area contributed by atoms with Gasteiger partial charge in [0.1, 0.15) is 18.3 Å². The van der Waals surface area contributed by atoms with E-state index in [0.29, 0.717) is 28.2 Å². The zero-order chi connectivity index (χ0) is 27.1. The number of rotatable bonds is 11. The summed E-state index contributed by atoms with van der Waals surface area (Å²) >= 11 is 0. The summed E-state index contributed by atoms with van der Waals surface area (Å²) in [7, 11) is -2.68. The van der Waals surface area contributed by atoms with Gasteiger partial charge in [0.2, 0.25) is 21.8 Å². The van der Waals surface area contributed by atoms with Crippen molar-refractivity contribution in [3.8, 4) is 5.75 Å². The first-order valence-electron chi connectivity index (χ1n) is 11.2.